The fourth-order valence-corrected chi connectivity index (χ4v) is 2.83. The number of methoxy groups -OCH3 is 1. The fourth-order valence-electron chi connectivity index (χ4n) is 2.83. The predicted molar refractivity (Wildman–Crippen MR) is 84.1 cm³/mol. The number of Topliss-reactive ketones (excluding diaryl/α,β-unsaturated/α-hetero) is 1. The van der Waals surface area contributed by atoms with Gasteiger partial charge in [-0.15, -0.1) is 0 Å². The number of benzene rings is 2. The van der Waals surface area contributed by atoms with Gasteiger partial charge in [0.2, 0.25) is 0 Å². The van der Waals surface area contributed by atoms with Crippen molar-refractivity contribution in [1.82, 2.24) is 0 Å². The fraction of sp³-hybridized carbons (Fsp3) is 0.316. The van der Waals surface area contributed by atoms with Crippen molar-refractivity contribution in [3.63, 3.8) is 0 Å². The normalized spacial score (nSPS) is 14.5. The molecule has 108 valence electrons. The highest BCUT2D eigenvalue weighted by Gasteiger charge is 2.20. The minimum Gasteiger partial charge on any atom is -0.496 e. The van der Waals surface area contributed by atoms with Crippen LogP contribution in [0.4, 0.5) is 0 Å². The molecule has 0 atom stereocenters. The topological polar surface area (TPSA) is 26.3 Å². The van der Waals surface area contributed by atoms with E-state index in [4.69, 9.17) is 4.74 Å². The molecule has 0 spiro atoms. The monoisotopic (exact) mass is 280 g/mol. The number of ether oxygens (including phenoxy) is 1. The smallest absolute Gasteiger partial charge is 0.167 e. The molecule has 0 heterocycles. The van der Waals surface area contributed by atoms with Gasteiger partial charge in [-0.2, -0.15) is 0 Å². The SMILES string of the molecule is COc1ccccc1CC(=O)c1cccc(C2CCC2)c1. The summed E-state index contributed by atoms with van der Waals surface area (Å²) in [6.45, 7) is 0. The Hall–Kier alpha value is -2.09. The van der Waals surface area contributed by atoms with Crippen LogP contribution in [0, 0.1) is 0 Å². The van der Waals surface area contributed by atoms with Crippen molar-refractivity contribution >= 4 is 5.78 Å². The summed E-state index contributed by atoms with van der Waals surface area (Å²) in [6.07, 6.45) is 4.20. The summed E-state index contributed by atoms with van der Waals surface area (Å²) in [5.74, 6) is 1.59. The van der Waals surface area contributed by atoms with Crippen molar-refractivity contribution in [1.29, 1.82) is 0 Å². The second-order valence-corrected chi connectivity index (χ2v) is 5.67. The van der Waals surface area contributed by atoms with Gasteiger partial charge in [-0.1, -0.05) is 42.8 Å². The maximum Gasteiger partial charge on any atom is 0.167 e. The minimum atomic E-state index is 0.153. The standard InChI is InChI=1S/C19H20O2/c1-21-19-11-3-2-6-17(19)13-18(20)16-10-5-9-15(12-16)14-7-4-8-14/h2-3,5-6,9-12,14H,4,7-8,13H2,1H3. The molecule has 0 unspecified atom stereocenters. The summed E-state index contributed by atoms with van der Waals surface area (Å²) < 4.78 is 5.32. The average Bonchev–Trinajstić information content (AvgIpc) is 2.46. The summed E-state index contributed by atoms with van der Waals surface area (Å²) in [6, 6.07) is 15.8. The molecular weight excluding hydrogens is 260 g/mol. The molecule has 2 nitrogen and oxygen atoms in total. The molecule has 2 aromatic carbocycles. The Labute approximate surface area is 125 Å². The average molecular weight is 280 g/mol. The predicted octanol–water partition coefficient (Wildman–Crippen LogP) is 4.39. The van der Waals surface area contributed by atoms with Crippen molar-refractivity contribution in [2.24, 2.45) is 0 Å². The molecule has 0 amide bonds. The number of ketones is 1. The van der Waals surface area contributed by atoms with Gasteiger partial charge in [0.15, 0.2) is 5.78 Å². The maximum atomic E-state index is 12.5. The van der Waals surface area contributed by atoms with E-state index in [0.29, 0.717) is 12.3 Å². The zero-order chi connectivity index (χ0) is 14.7. The molecule has 3 rings (SSSR count). The van der Waals surface area contributed by atoms with Crippen LogP contribution < -0.4 is 4.74 Å². The largest absolute Gasteiger partial charge is 0.496 e. The third kappa shape index (κ3) is 2.99. The maximum absolute atomic E-state index is 12.5. The molecule has 1 fully saturated rings. The van der Waals surface area contributed by atoms with Gasteiger partial charge in [-0.3, -0.25) is 4.79 Å². The lowest BCUT2D eigenvalue weighted by Crippen LogP contribution is -2.10. The molecular formula is C19H20O2. The summed E-state index contributed by atoms with van der Waals surface area (Å²) in [5, 5.41) is 0. The summed E-state index contributed by atoms with van der Waals surface area (Å²) >= 11 is 0. The van der Waals surface area contributed by atoms with Gasteiger partial charge in [0.05, 0.1) is 7.11 Å². The van der Waals surface area contributed by atoms with Crippen LogP contribution in [0.25, 0.3) is 0 Å². The van der Waals surface area contributed by atoms with Crippen LogP contribution in [0.2, 0.25) is 0 Å². The zero-order valence-corrected chi connectivity index (χ0v) is 12.3. The Kier molecular flexibility index (Phi) is 4.05. The van der Waals surface area contributed by atoms with E-state index in [1.165, 1.54) is 24.8 Å². The quantitative estimate of drug-likeness (QED) is 0.759. The van der Waals surface area contributed by atoms with Gasteiger partial charge in [-0.25, -0.2) is 0 Å². The summed E-state index contributed by atoms with van der Waals surface area (Å²) in [7, 11) is 1.64. The van der Waals surface area contributed by atoms with E-state index in [9.17, 15) is 4.79 Å². The van der Waals surface area contributed by atoms with Crippen molar-refractivity contribution in [2.75, 3.05) is 7.11 Å². The molecule has 0 saturated heterocycles. The van der Waals surface area contributed by atoms with Gasteiger partial charge in [0.1, 0.15) is 5.75 Å². The molecule has 0 aliphatic heterocycles. The molecule has 21 heavy (non-hydrogen) atoms. The number of hydrogen-bond acceptors (Lipinski definition) is 2. The highest BCUT2D eigenvalue weighted by molar-refractivity contribution is 5.98. The Bertz CT molecular complexity index is 642. The van der Waals surface area contributed by atoms with Gasteiger partial charge < -0.3 is 4.74 Å². The first-order valence-corrected chi connectivity index (χ1v) is 7.53. The van der Waals surface area contributed by atoms with Gasteiger partial charge in [0.25, 0.3) is 0 Å². The van der Waals surface area contributed by atoms with Crippen molar-refractivity contribution in [3.8, 4) is 5.75 Å². The highest BCUT2D eigenvalue weighted by Crippen LogP contribution is 2.36. The Morgan fingerprint density at radius 2 is 1.95 bits per heavy atom. The van der Waals surface area contributed by atoms with Crippen LogP contribution in [-0.4, -0.2) is 12.9 Å². The first-order valence-electron chi connectivity index (χ1n) is 7.53. The van der Waals surface area contributed by atoms with Crippen molar-refractivity contribution in [2.45, 2.75) is 31.6 Å². The first kappa shape index (κ1) is 13.9. The Balaban J connectivity index is 1.78. The lowest BCUT2D eigenvalue weighted by Gasteiger charge is -2.26. The van der Waals surface area contributed by atoms with E-state index < -0.39 is 0 Å². The van der Waals surface area contributed by atoms with Crippen LogP contribution in [0.3, 0.4) is 0 Å². The second-order valence-electron chi connectivity index (χ2n) is 5.67. The zero-order valence-electron chi connectivity index (χ0n) is 12.3. The van der Waals surface area contributed by atoms with Crippen LogP contribution in [0.15, 0.2) is 48.5 Å². The number of carbonyl (C=O) groups excluding carboxylic acids is 1. The van der Waals surface area contributed by atoms with Crippen molar-refractivity contribution < 1.29 is 9.53 Å². The number of hydrogen-bond donors (Lipinski definition) is 0. The molecule has 1 saturated carbocycles. The number of para-hydroxylation sites is 1. The third-order valence-electron chi connectivity index (χ3n) is 4.33. The minimum absolute atomic E-state index is 0.153. The molecule has 1 aliphatic rings. The van der Waals surface area contributed by atoms with Crippen LogP contribution in [0.1, 0.15) is 46.7 Å². The molecule has 0 aromatic heterocycles. The lowest BCUT2D eigenvalue weighted by atomic mass is 9.79. The molecule has 0 bridgehead atoms. The van der Waals surface area contributed by atoms with E-state index in [-0.39, 0.29) is 5.78 Å². The molecule has 2 aromatic rings. The molecule has 0 radical (unpaired) electrons. The molecule has 2 heteroatoms. The Morgan fingerprint density at radius 1 is 1.14 bits per heavy atom. The van der Waals surface area contributed by atoms with E-state index in [1.54, 1.807) is 7.11 Å². The second kappa shape index (κ2) is 6.13. The van der Waals surface area contributed by atoms with Crippen LogP contribution in [0.5, 0.6) is 5.75 Å². The molecule has 1 aliphatic carbocycles. The number of rotatable bonds is 5. The van der Waals surface area contributed by atoms with E-state index in [0.717, 1.165) is 16.9 Å². The van der Waals surface area contributed by atoms with E-state index in [2.05, 4.69) is 12.1 Å². The lowest BCUT2D eigenvalue weighted by molar-refractivity contribution is 0.0992. The number of carbonyl (C=O) groups is 1. The third-order valence-corrected chi connectivity index (χ3v) is 4.33. The van der Waals surface area contributed by atoms with E-state index in [1.807, 2.05) is 36.4 Å². The van der Waals surface area contributed by atoms with Gasteiger partial charge in [0, 0.05) is 17.5 Å². The summed E-state index contributed by atoms with van der Waals surface area (Å²) in [5.41, 5.74) is 3.07. The van der Waals surface area contributed by atoms with Crippen LogP contribution >= 0.6 is 0 Å². The van der Waals surface area contributed by atoms with Crippen molar-refractivity contribution in [3.05, 3.63) is 65.2 Å². The molecule has 0 N–H and O–H groups in total. The highest BCUT2D eigenvalue weighted by atomic mass is 16.5. The Morgan fingerprint density at radius 3 is 2.67 bits per heavy atom. The first-order chi connectivity index (χ1) is 10.3. The van der Waals surface area contributed by atoms with Gasteiger partial charge >= 0.3 is 0 Å². The van der Waals surface area contributed by atoms with Gasteiger partial charge in [-0.05, 0) is 36.5 Å². The summed E-state index contributed by atoms with van der Waals surface area (Å²) in [4.78, 5) is 12.5. The van der Waals surface area contributed by atoms with Crippen LogP contribution in [-0.2, 0) is 6.42 Å². The van der Waals surface area contributed by atoms with E-state index >= 15 is 0 Å².